The molecule has 0 aliphatic rings. The van der Waals surface area contributed by atoms with Crippen LogP contribution in [-0.4, -0.2) is 21.2 Å². The number of aromatic nitrogens is 2. The van der Waals surface area contributed by atoms with E-state index in [0.717, 1.165) is 16.5 Å². The molecule has 5 rings (SSSR count). The van der Waals surface area contributed by atoms with Crippen LogP contribution in [0.5, 0.6) is 0 Å². The summed E-state index contributed by atoms with van der Waals surface area (Å²) in [4.78, 5) is 30.6. The molecule has 0 spiro atoms. The number of halogens is 1. The van der Waals surface area contributed by atoms with Crippen molar-refractivity contribution in [3.8, 4) is 5.69 Å². The van der Waals surface area contributed by atoms with Crippen molar-refractivity contribution < 1.29 is 4.79 Å². The maximum atomic E-state index is 13.3. The van der Waals surface area contributed by atoms with Gasteiger partial charge in [0.25, 0.3) is 5.56 Å². The van der Waals surface area contributed by atoms with Gasteiger partial charge in [0.15, 0.2) is 0 Å². The molecule has 34 heavy (non-hydrogen) atoms. The van der Waals surface area contributed by atoms with Crippen LogP contribution in [0.4, 0.5) is 5.69 Å². The minimum atomic E-state index is -0.185. The quantitative estimate of drug-likeness (QED) is 0.317. The Morgan fingerprint density at radius 1 is 0.912 bits per heavy atom. The second kappa shape index (κ2) is 9.71. The maximum absolute atomic E-state index is 13.3. The summed E-state index contributed by atoms with van der Waals surface area (Å²) in [6.45, 7) is 0. The lowest BCUT2D eigenvalue weighted by Gasteiger charge is -2.14. The molecule has 1 amide bonds. The van der Waals surface area contributed by atoms with Crippen molar-refractivity contribution in [3.63, 3.8) is 0 Å². The number of carbonyl (C=O) groups excluding carboxylic acids is 1. The van der Waals surface area contributed by atoms with Crippen LogP contribution >= 0.6 is 23.4 Å². The van der Waals surface area contributed by atoms with E-state index in [4.69, 9.17) is 16.6 Å². The molecule has 0 saturated carbocycles. The standard InChI is InChI=1S/C27H20ClN3O2S/c28-22-10-4-6-12-24(22)31-25(30-23-11-5-3-9-21(23)27(31)33)16-34-17-26(32)29-20-14-13-18-7-1-2-8-19(18)15-20/h1-15H,16-17H2,(H,29,32). The fourth-order valence-corrected chi connectivity index (χ4v) is 4.81. The zero-order valence-corrected chi connectivity index (χ0v) is 19.6. The molecule has 1 heterocycles. The lowest BCUT2D eigenvalue weighted by Crippen LogP contribution is -2.24. The third-order valence-corrected chi connectivity index (χ3v) is 6.68. The second-order valence-corrected chi connectivity index (χ2v) is 9.13. The first kappa shape index (κ1) is 22.2. The Morgan fingerprint density at radius 2 is 1.65 bits per heavy atom. The molecular formula is C27H20ClN3O2S. The van der Waals surface area contributed by atoms with Gasteiger partial charge in [0.1, 0.15) is 5.82 Å². The lowest BCUT2D eigenvalue weighted by atomic mass is 10.1. The average Bonchev–Trinajstić information content (AvgIpc) is 2.85. The number of nitrogens with one attached hydrogen (secondary N) is 1. The fraction of sp³-hybridized carbons (Fsp3) is 0.0741. The van der Waals surface area contributed by atoms with E-state index in [-0.39, 0.29) is 17.2 Å². The molecular weight excluding hydrogens is 466 g/mol. The molecule has 0 aliphatic carbocycles. The van der Waals surface area contributed by atoms with E-state index in [1.54, 1.807) is 22.8 Å². The van der Waals surface area contributed by atoms with Crippen molar-refractivity contribution >= 4 is 56.6 Å². The van der Waals surface area contributed by atoms with E-state index in [1.807, 2.05) is 72.8 Å². The Morgan fingerprint density at radius 3 is 2.50 bits per heavy atom. The molecule has 0 bridgehead atoms. The average molecular weight is 486 g/mol. The number of fused-ring (bicyclic) bond motifs is 2. The van der Waals surface area contributed by atoms with Crippen molar-refractivity contribution in [2.45, 2.75) is 5.75 Å². The van der Waals surface area contributed by atoms with Gasteiger partial charge in [0.05, 0.1) is 33.1 Å². The number of anilines is 1. The first-order valence-corrected chi connectivity index (χ1v) is 12.3. The first-order chi connectivity index (χ1) is 16.6. The first-order valence-electron chi connectivity index (χ1n) is 10.7. The van der Waals surface area contributed by atoms with Crippen molar-refractivity contribution in [3.05, 3.63) is 112 Å². The highest BCUT2D eigenvalue weighted by atomic mass is 35.5. The van der Waals surface area contributed by atoms with Gasteiger partial charge in [-0.05, 0) is 47.2 Å². The molecule has 168 valence electrons. The molecule has 4 aromatic carbocycles. The molecule has 0 aliphatic heterocycles. The van der Waals surface area contributed by atoms with Crippen LogP contribution in [0, 0.1) is 0 Å². The Hall–Kier alpha value is -3.61. The summed E-state index contributed by atoms with van der Waals surface area (Å²) in [6, 6.07) is 28.3. The number of para-hydroxylation sites is 2. The van der Waals surface area contributed by atoms with Crippen LogP contribution in [0.3, 0.4) is 0 Å². The molecule has 7 heteroatoms. The zero-order chi connectivity index (χ0) is 23.5. The smallest absolute Gasteiger partial charge is 0.266 e. The highest BCUT2D eigenvalue weighted by Crippen LogP contribution is 2.23. The third-order valence-electron chi connectivity index (χ3n) is 5.44. The van der Waals surface area contributed by atoms with E-state index in [9.17, 15) is 9.59 Å². The highest BCUT2D eigenvalue weighted by molar-refractivity contribution is 7.99. The van der Waals surface area contributed by atoms with E-state index in [2.05, 4.69) is 5.32 Å². The summed E-state index contributed by atoms with van der Waals surface area (Å²) in [6.07, 6.45) is 0. The fourth-order valence-electron chi connectivity index (χ4n) is 3.86. The van der Waals surface area contributed by atoms with Gasteiger partial charge in [-0.2, -0.15) is 0 Å². The summed E-state index contributed by atoms with van der Waals surface area (Å²) in [5.74, 6) is 1.02. The number of carbonyl (C=O) groups is 1. The Kier molecular flexibility index (Phi) is 6.34. The van der Waals surface area contributed by atoms with Gasteiger partial charge in [0.2, 0.25) is 5.91 Å². The van der Waals surface area contributed by atoms with E-state index in [1.165, 1.54) is 11.8 Å². The number of hydrogen-bond donors (Lipinski definition) is 1. The van der Waals surface area contributed by atoms with Gasteiger partial charge in [0, 0.05) is 5.69 Å². The van der Waals surface area contributed by atoms with Crippen LogP contribution in [0.1, 0.15) is 5.82 Å². The number of amides is 1. The van der Waals surface area contributed by atoms with E-state index >= 15 is 0 Å². The molecule has 0 saturated heterocycles. The normalized spacial score (nSPS) is 11.1. The van der Waals surface area contributed by atoms with Crippen LogP contribution < -0.4 is 10.9 Å². The van der Waals surface area contributed by atoms with Gasteiger partial charge in [-0.15, -0.1) is 11.8 Å². The van der Waals surface area contributed by atoms with Crippen molar-refractivity contribution in [1.82, 2.24) is 9.55 Å². The summed E-state index contributed by atoms with van der Waals surface area (Å²) in [7, 11) is 0. The number of hydrogen-bond acceptors (Lipinski definition) is 4. The van der Waals surface area contributed by atoms with Gasteiger partial charge in [-0.25, -0.2) is 4.98 Å². The number of benzene rings is 4. The third kappa shape index (κ3) is 4.55. The summed E-state index contributed by atoms with van der Waals surface area (Å²) >= 11 is 7.80. The monoisotopic (exact) mass is 485 g/mol. The predicted octanol–water partition coefficient (Wildman–Crippen LogP) is 6.06. The molecule has 0 radical (unpaired) electrons. The minimum absolute atomic E-state index is 0.118. The molecule has 1 aromatic heterocycles. The van der Waals surface area contributed by atoms with Crippen molar-refractivity contribution in [2.24, 2.45) is 0 Å². The SMILES string of the molecule is O=C(CSCc1nc2ccccc2c(=O)n1-c1ccccc1Cl)Nc1ccc2ccccc2c1. The molecule has 0 unspecified atom stereocenters. The van der Waals surface area contributed by atoms with E-state index < -0.39 is 0 Å². The van der Waals surface area contributed by atoms with Crippen molar-refractivity contribution in [2.75, 3.05) is 11.1 Å². The predicted molar refractivity (Wildman–Crippen MR) is 141 cm³/mol. The van der Waals surface area contributed by atoms with Gasteiger partial charge >= 0.3 is 0 Å². The number of thioether (sulfide) groups is 1. The molecule has 5 aromatic rings. The molecule has 0 fully saturated rings. The second-order valence-electron chi connectivity index (χ2n) is 7.74. The topological polar surface area (TPSA) is 64.0 Å². The zero-order valence-electron chi connectivity index (χ0n) is 18.1. The van der Waals surface area contributed by atoms with Crippen molar-refractivity contribution in [1.29, 1.82) is 0 Å². The Bertz CT molecular complexity index is 1580. The summed E-state index contributed by atoms with van der Waals surface area (Å²) in [5.41, 5.74) is 1.76. The highest BCUT2D eigenvalue weighted by Gasteiger charge is 2.15. The van der Waals surface area contributed by atoms with E-state index in [0.29, 0.717) is 33.2 Å². The van der Waals surface area contributed by atoms with Gasteiger partial charge < -0.3 is 5.32 Å². The van der Waals surface area contributed by atoms with Crippen LogP contribution in [-0.2, 0) is 10.5 Å². The van der Waals surface area contributed by atoms with Gasteiger partial charge in [-0.3, -0.25) is 14.2 Å². The number of nitrogens with zero attached hydrogens (tertiary/aromatic N) is 2. The lowest BCUT2D eigenvalue weighted by molar-refractivity contribution is -0.113. The van der Waals surface area contributed by atoms with Crippen LogP contribution in [0.25, 0.3) is 27.4 Å². The molecule has 5 nitrogen and oxygen atoms in total. The summed E-state index contributed by atoms with van der Waals surface area (Å²) < 4.78 is 1.54. The Labute approximate surface area is 205 Å². The maximum Gasteiger partial charge on any atom is 0.266 e. The summed E-state index contributed by atoms with van der Waals surface area (Å²) in [5, 5.41) is 6.11. The van der Waals surface area contributed by atoms with Crippen LogP contribution in [0.2, 0.25) is 5.02 Å². The Balaban J connectivity index is 1.37. The van der Waals surface area contributed by atoms with Gasteiger partial charge in [-0.1, -0.05) is 66.2 Å². The largest absolute Gasteiger partial charge is 0.325 e. The minimum Gasteiger partial charge on any atom is -0.325 e. The molecule has 0 atom stereocenters. The molecule has 1 N–H and O–H groups in total. The number of rotatable bonds is 6. The van der Waals surface area contributed by atoms with Crippen LogP contribution in [0.15, 0.2) is 95.8 Å².